The van der Waals surface area contributed by atoms with Crippen LogP contribution in [-0.2, 0) is 0 Å². The van der Waals surface area contributed by atoms with E-state index in [1.54, 1.807) is 0 Å². The van der Waals surface area contributed by atoms with Crippen molar-refractivity contribution >= 4 is 0 Å². The van der Waals surface area contributed by atoms with E-state index in [1.165, 1.54) is 38.5 Å². The molecule has 0 spiro atoms. The molecular weight excluding hydrogens is 228 g/mol. The lowest BCUT2D eigenvalue weighted by Crippen LogP contribution is -2.33. The third kappa shape index (κ3) is 3.99. The molecule has 4 atom stereocenters. The molecule has 0 N–H and O–H groups in total. The molecule has 0 aromatic carbocycles. The van der Waals surface area contributed by atoms with Gasteiger partial charge >= 0.3 is 0 Å². The molecule has 4 unspecified atom stereocenters. The molecule has 0 aromatic rings. The second kappa shape index (κ2) is 7.14. The number of hydrogen-bond acceptors (Lipinski definition) is 0. The van der Waals surface area contributed by atoms with Crippen LogP contribution in [0.15, 0.2) is 0 Å². The van der Waals surface area contributed by atoms with Gasteiger partial charge in [0.2, 0.25) is 0 Å². The Kier molecular flexibility index (Phi) is 6.40. The minimum Gasteiger partial charge on any atom is -0.0654 e. The maximum absolute atomic E-state index is 2.57. The molecule has 0 radical (unpaired) electrons. The topological polar surface area (TPSA) is 0 Å². The quantitative estimate of drug-likeness (QED) is 0.490. The summed E-state index contributed by atoms with van der Waals surface area (Å²) in [5.41, 5.74) is 0.562. The third-order valence-electron chi connectivity index (χ3n) is 6.15. The van der Waals surface area contributed by atoms with Gasteiger partial charge in [0.1, 0.15) is 0 Å². The Labute approximate surface area is 122 Å². The zero-order valence-electron chi connectivity index (χ0n) is 14.6. The van der Waals surface area contributed by atoms with E-state index >= 15 is 0 Å². The van der Waals surface area contributed by atoms with Crippen LogP contribution in [0.2, 0.25) is 0 Å². The van der Waals surface area contributed by atoms with Crippen molar-refractivity contribution < 1.29 is 0 Å². The minimum atomic E-state index is 0.562. The maximum Gasteiger partial charge on any atom is -0.0295 e. The summed E-state index contributed by atoms with van der Waals surface area (Å²) in [7, 11) is 0. The lowest BCUT2D eigenvalue weighted by molar-refractivity contribution is 0.0897. The predicted molar refractivity (Wildman–Crippen MR) is 87.3 cm³/mol. The first-order valence-electron chi connectivity index (χ1n) is 8.84. The summed E-state index contributed by atoms with van der Waals surface area (Å²) >= 11 is 0. The second-order valence-corrected chi connectivity index (χ2v) is 8.15. The highest BCUT2D eigenvalue weighted by Gasteiger charge is 2.46. The molecule has 0 aliphatic heterocycles. The van der Waals surface area contributed by atoms with E-state index in [0.717, 1.165) is 29.6 Å². The Morgan fingerprint density at radius 2 is 1.68 bits per heavy atom. The van der Waals surface area contributed by atoms with Gasteiger partial charge in [-0.15, -0.1) is 0 Å². The van der Waals surface area contributed by atoms with Crippen LogP contribution >= 0.6 is 0 Å². The van der Waals surface area contributed by atoms with Crippen LogP contribution < -0.4 is 0 Å². The fourth-order valence-electron chi connectivity index (χ4n) is 4.93. The first kappa shape index (κ1) is 17.1. The van der Waals surface area contributed by atoms with Gasteiger partial charge in [0.15, 0.2) is 0 Å². The van der Waals surface area contributed by atoms with Crippen molar-refractivity contribution in [2.24, 2.45) is 35.0 Å². The van der Waals surface area contributed by atoms with E-state index in [2.05, 4.69) is 48.5 Å². The molecular formula is C19H38. The molecule has 0 nitrogen and oxygen atoms in total. The summed E-state index contributed by atoms with van der Waals surface area (Å²) in [5.74, 6) is 4.62. The van der Waals surface area contributed by atoms with Gasteiger partial charge in [-0.2, -0.15) is 0 Å². The summed E-state index contributed by atoms with van der Waals surface area (Å²) in [5, 5.41) is 0. The number of rotatable bonds is 7. The highest BCUT2D eigenvalue weighted by molar-refractivity contribution is 4.95. The molecule has 0 bridgehead atoms. The molecule has 0 heterocycles. The van der Waals surface area contributed by atoms with Crippen LogP contribution in [0, 0.1) is 35.0 Å². The molecule has 1 fully saturated rings. The van der Waals surface area contributed by atoms with Gasteiger partial charge in [-0.05, 0) is 54.3 Å². The summed E-state index contributed by atoms with van der Waals surface area (Å²) in [6, 6.07) is 0. The Hall–Kier alpha value is 0. The lowest BCUT2D eigenvalue weighted by atomic mass is 9.65. The van der Waals surface area contributed by atoms with E-state index in [1.807, 2.05) is 0 Å². The Morgan fingerprint density at radius 3 is 2.16 bits per heavy atom. The average molecular weight is 267 g/mol. The Balaban J connectivity index is 2.70. The average Bonchev–Trinajstić information content (AvgIpc) is 2.57. The first-order valence-corrected chi connectivity index (χ1v) is 8.84. The fraction of sp³-hybridized carbons (Fsp3) is 1.00. The second-order valence-electron chi connectivity index (χ2n) is 8.15. The Morgan fingerprint density at radius 1 is 1.05 bits per heavy atom. The van der Waals surface area contributed by atoms with E-state index < -0.39 is 0 Å². The summed E-state index contributed by atoms with van der Waals surface area (Å²) in [6.07, 6.45) is 8.55. The molecule has 0 amide bonds. The third-order valence-corrected chi connectivity index (χ3v) is 6.15. The monoisotopic (exact) mass is 266 g/mol. The van der Waals surface area contributed by atoms with Crippen molar-refractivity contribution in [1.82, 2.24) is 0 Å². The normalized spacial score (nSPS) is 29.7. The summed E-state index contributed by atoms with van der Waals surface area (Å²) in [6.45, 7) is 17.2. The Bertz CT molecular complexity index is 251. The number of hydrogen-bond donors (Lipinski definition) is 0. The summed E-state index contributed by atoms with van der Waals surface area (Å²) in [4.78, 5) is 0. The zero-order chi connectivity index (χ0) is 14.6. The minimum absolute atomic E-state index is 0.562. The molecule has 0 aromatic heterocycles. The van der Waals surface area contributed by atoms with Crippen LogP contribution in [0.25, 0.3) is 0 Å². The SMILES string of the molecule is CCCC(C)CC1CCC(C(CC)C(C)C)C1(C)C. The van der Waals surface area contributed by atoms with Crippen molar-refractivity contribution in [2.75, 3.05) is 0 Å². The van der Waals surface area contributed by atoms with Crippen molar-refractivity contribution in [3.05, 3.63) is 0 Å². The first-order chi connectivity index (χ1) is 8.84. The van der Waals surface area contributed by atoms with Crippen LogP contribution in [0.3, 0.4) is 0 Å². The van der Waals surface area contributed by atoms with Gasteiger partial charge < -0.3 is 0 Å². The van der Waals surface area contributed by atoms with Crippen molar-refractivity contribution in [3.63, 3.8) is 0 Å². The van der Waals surface area contributed by atoms with Crippen LogP contribution in [-0.4, -0.2) is 0 Å². The van der Waals surface area contributed by atoms with Crippen LogP contribution in [0.5, 0.6) is 0 Å². The van der Waals surface area contributed by atoms with Gasteiger partial charge in [-0.25, -0.2) is 0 Å². The molecule has 0 heteroatoms. The van der Waals surface area contributed by atoms with Gasteiger partial charge in [0, 0.05) is 0 Å². The predicted octanol–water partition coefficient (Wildman–Crippen LogP) is 6.55. The zero-order valence-corrected chi connectivity index (χ0v) is 14.6. The highest BCUT2D eigenvalue weighted by Crippen LogP contribution is 2.54. The molecule has 19 heavy (non-hydrogen) atoms. The molecule has 1 aliphatic carbocycles. The van der Waals surface area contributed by atoms with E-state index in [4.69, 9.17) is 0 Å². The summed E-state index contributed by atoms with van der Waals surface area (Å²) < 4.78 is 0. The largest absolute Gasteiger partial charge is 0.0654 e. The van der Waals surface area contributed by atoms with Crippen molar-refractivity contribution in [2.45, 2.75) is 87.0 Å². The standard InChI is InChI=1S/C19H38/c1-8-10-15(5)13-16-11-12-18(19(16,6)7)17(9-2)14(3)4/h14-18H,8-13H2,1-7H3. The molecule has 1 aliphatic rings. The van der Waals surface area contributed by atoms with Crippen LogP contribution in [0.4, 0.5) is 0 Å². The molecule has 1 saturated carbocycles. The van der Waals surface area contributed by atoms with Gasteiger partial charge in [-0.1, -0.05) is 67.7 Å². The van der Waals surface area contributed by atoms with E-state index in [-0.39, 0.29) is 0 Å². The smallest absolute Gasteiger partial charge is 0.0295 e. The van der Waals surface area contributed by atoms with Gasteiger partial charge in [-0.3, -0.25) is 0 Å². The van der Waals surface area contributed by atoms with Crippen LogP contribution in [0.1, 0.15) is 87.0 Å². The van der Waals surface area contributed by atoms with Crippen molar-refractivity contribution in [3.8, 4) is 0 Å². The van der Waals surface area contributed by atoms with Crippen molar-refractivity contribution in [1.29, 1.82) is 0 Å². The molecule has 0 saturated heterocycles. The van der Waals surface area contributed by atoms with Gasteiger partial charge in [0.25, 0.3) is 0 Å². The molecule has 114 valence electrons. The highest BCUT2D eigenvalue weighted by atomic mass is 14.5. The van der Waals surface area contributed by atoms with E-state index in [0.29, 0.717) is 5.41 Å². The van der Waals surface area contributed by atoms with Gasteiger partial charge in [0.05, 0.1) is 0 Å². The van der Waals surface area contributed by atoms with E-state index in [9.17, 15) is 0 Å². The molecule has 1 rings (SSSR count). The maximum atomic E-state index is 2.57. The lowest BCUT2D eigenvalue weighted by Gasteiger charge is -2.40. The fourth-order valence-corrected chi connectivity index (χ4v) is 4.93.